The van der Waals surface area contributed by atoms with E-state index in [0.717, 1.165) is 18.7 Å². The van der Waals surface area contributed by atoms with Crippen LogP contribution >= 0.6 is 0 Å². The smallest absolute Gasteiger partial charge is 0.234 e. The van der Waals surface area contributed by atoms with E-state index in [9.17, 15) is 4.79 Å². The lowest BCUT2D eigenvalue weighted by molar-refractivity contribution is -0.128. The van der Waals surface area contributed by atoms with E-state index in [1.54, 1.807) is 0 Å². The zero-order valence-corrected chi connectivity index (χ0v) is 13.2. The predicted octanol–water partition coefficient (Wildman–Crippen LogP) is 2.24. The Hall–Kier alpha value is -1.36. The summed E-state index contributed by atoms with van der Waals surface area (Å²) in [5, 5.41) is 7.97. The molecule has 2 atom stereocenters. The van der Waals surface area contributed by atoms with Gasteiger partial charge in [-0.25, -0.2) is 0 Å². The van der Waals surface area contributed by atoms with Crippen LogP contribution in [-0.4, -0.2) is 39.2 Å². The minimum atomic E-state index is 0.179. The van der Waals surface area contributed by atoms with Gasteiger partial charge in [0, 0.05) is 24.8 Å². The van der Waals surface area contributed by atoms with Crippen LogP contribution in [0.2, 0.25) is 0 Å². The Balaban J connectivity index is 1.45. The van der Waals surface area contributed by atoms with Gasteiger partial charge in [0.05, 0.1) is 18.3 Å². The lowest BCUT2D eigenvalue weighted by Crippen LogP contribution is -2.61. The fourth-order valence-electron chi connectivity index (χ4n) is 4.49. The van der Waals surface area contributed by atoms with Crippen LogP contribution < -0.4 is 5.32 Å². The van der Waals surface area contributed by atoms with Crippen molar-refractivity contribution in [2.24, 2.45) is 0 Å². The quantitative estimate of drug-likeness (QED) is 0.931. The van der Waals surface area contributed by atoms with Gasteiger partial charge in [-0.3, -0.25) is 14.4 Å². The van der Waals surface area contributed by atoms with Crippen molar-refractivity contribution in [2.75, 3.05) is 6.54 Å². The molecule has 0 spiro atoms. The molecule has 120 valence electrons. The van der Waals surface area contributed by atoms with Gasteiger partial charge in [-0.2, -0.15) is 5.10 Å². The molecule has 1 aromatic rings. The molecule has 5 nitrogen and oxygen atoms in total. The second kappa shape index (κ2) is 6.03. The van der Waals surface area contributed by atoms with Crippen LogP contribution in [-0.2, 0) is 11.3 Å². The number of nitrogens with zero attached hydrogens (tertiary/aromatic N) is 3. The van der Waals surface area contributed by atoms with Crippen molar-refractivity contribution < 1.29 is 4.79 Å². The molecule has 0 aromatic carbocycles. The molecule has 1 saturated heterocycles. The molecular formula is C17H26N4O. The molecule has 1 aliphatic heterocycles. The van der Waals surface area contributed by atoms with Gasteiger partial charge in [0.15, 0.2) is 0 Å². The Morgan fingerprint density at radius 3 is 2.77 bits per heavy atom. The number of hydrogen-bond donors (Lipinski definition) is 1. The summed E-state index contributed by atoms with van der Waals surface area (Å²) in [5.74, 6) is 0.179. The molecule has 0 radical (unpaired) electrons. The highest BCUT2D eigenvalue weighted by Crippen LogP contribution is 2.30. The van der Waals surface area contributed by atoms with Crippen LogP contribution in [0.3, 0.4) is 0 Å². The molecule has 2 heterocycles. The van der Waals surface area contributed by atoms with Gasteiger partial charge in [0.25, 0.3) is 0 Å². The normalized spacial score (nSPS) is 30.3. The lowest BCUT2D eigenvalue weighted by atomic mass is 9.87. The molecule has 1 N–H and O–H groups in total. The van der Waals surface area contributed by atoms with E-state index in [1.165, 1.54) is 44.9 Å². The molecule has 0 unspecified atom stereocenters. The first-order chi connectivity index (χ1) is 10.8. The standard InChI is InChI=1S/C17H26N4O/c22-17-12-20(16-8-4-3-7-15(16)18-17)11-13-9-10-21(19-13)14-5-1-2-6-14/h9-10,14-16H,1-8,11-12H2,(H,18,22)/t15-,16-/m1/s1. The molecule has 3 aliphatic rings. The maximum Gasteiger partial charge on any atom is 0.234 e. The number of carbonyl (C=O) groups is 1. The van der Waals surface area contributed by atoms with Crippen LogP contribution in [0.4, 0.5) is 0 Å². The summed E-state index contributed by atoms with van der Waals surface area (Å²) >= 11 is 0. The summed E-state index contributed by atoms with van der Waals surface area (Å²) in [5.41, 5.74) is 1.12. The SMILES string of the molecule is O=C1CN(Cc2ccn(C3CCCC3)n2)[C@@H]2CCCC[C@H]2N1. The number of carbonyl (C=O) groups excluding carboxylic acids is 1. The minimum absolute atomic E-state index is 0.179. The topological polar surface area (TPSA) is 50.2 Å². The third-order valence-electron chi connectivity index (χ3n) is 5.62. The maximum atomic E-state index is 12.0. The molecule has 2 aliphatic carbocycles. The van der Waals surface area contributed by atoms with E-state index in [-0.39, 0.29) is 5.91 Å². The summed E-state index contributed by atoms with van der Waals surface area (Å²) in [7, 11) is 0. The number of aromatic nitrogens is 2. The van der Waals surface area contributed by atoms with Crippen LogP contribution in [0.5, 0.6) is 0 Å². The molecule has 1 amide bonds. The first kappa shape index (κ1) is 14.2. The van der Waals surface area contributed by atoms with Crippen LogP contribution in [0.15, 0.2) is 12.3 Å². The van der Waals surface area contributed by atoms with Gasteiger partial charge in [-0.05, 0) is 31.7 Å². The van der Waals surface area contributed by atoms with Crippen molar-refractivity contribution in [3.8, 4) is 0 Å². The van der Waals surface area contributed by atoms with Crippen molar-refractivity contribution >= 4 is 5.91 Å². The molecule has 4 rings (SSSR count). The monoisotopic (exact) mass is 302 g/mol. The van der Waals surface area contributed by atoms with Crippen LogP contribution in [0.25, 0.3) is 0 Å². The summed E-state index contributed by atoms with van der Waals surface area (Å²) in [6.45, 7) is 1.34. The van der Waals surface area contributed by atoms with E-state index in [1.807, 2.05) is 0 Å². The fraction of sp³-hybridized carbons (Fsp3) is 0.765. The first-order valence-electron chi connectivity index (χ1n) is 8.87. The molecule has 3 fully saturated rings. The van der Waals surface area contributed by atoms with Crippen molar-refractivity contribution in [3.63, 3.8) is 0 Å². The number of fused-ring (bicyclic) bond motifs is 1. The molecule has 22 heavy (non-hydrogen) atoms. The highest BCUT2D eigenvalue weighted by atomic mass is 16.2. The van der Waals surface area contributed by atoms with E-state index >= 15 is 0 Å². The number of hydrogen-bond acceptors (Lipinski definition) is 3. The van der Waals surface area contributed by atoms with Crippen molar-refractivity contribution in [1.29, 1.82) is 0 Å². The van der Waals surface area contributed by atoms with Gasteiger partial charge in [-0.1, -0.05) is 25.7 Å². The molecule has 0 bridgehead atoms. The van der Waals surface area contributed by atoms with Crippen molar-refractivity contribution in [1.82, 2.24) is 20.0 Å². The number of nitrogens with one attached hydrogen (secondary N) is 1. The lowest BCUT2D eigenvalue weighted by Gasteiger charge is -2.43. The Morgan fingerprint density at radius 2 is 1.91 bits per heavy atom. The molecule has 1 aromatic heterocycles. The van der Waals surface area contributed by atoms with E-state index < -0.39 is 0 Å². The van der Waals surface area contributed by atoms with E-state index in [2.05, 4.69) is 27.2 Å². The van der Waals surface area contributed by atoms with E-state index in [0.29, 0.717) is 24.7 Å². The number of rotatable bonds is 3. The number of piperazine rings is 1. The van der Waals surface area contributed by atoms with Crippen molar-refractivity contribution in [2.45, 2.75) is 76.0 Å². The zero-order chi connectivity index (χ0) is 14.9. The second-order valence-corrected chi connectivity index (χ2v) is 7.16. The van der Waals surface area contributed by atoms with Crippen LogP contribution in [0, 0.1) is 0 Å². The second-order valence-electron chi connectivity index (χ2n) is 7.16. The maximum absolute atomic E-state index is 12.0. The first-order valence-corrected chi connectivity index (χ1v) is 8.87. The van der Waals surface area contributed by atoms with Crippen molar-refractivity contribution in [3.05, 3.63) is 18.0 Å². The number of amides is 1. The van der Waals surface area contributed by atoms with Gasteiger partial charge >= 0.3 is 0 Å². The summed E-state index contributed by atoms with van der Waals surface area (Å²) in [6.07, 6.45) is 12.2. The highest BCUT2D eigenvalue weighted by Gasteiger charge is 2.36. The third kappa shape index (κ3) is 2.78. The largest absolute Gasteiger partial charge is 0.351 e. The Bertz CT molecular complexity index is 535. The van der Waals surface area contributed by atoms with Crippen LogP contribution in [0.1, 0.15) is 63.1 Å². The molecule has 2 saturated carbocycles. The Labute approximate surface area is 132 Å². The minimum Gasteiger partial charge on any atom is -0.351 e. The summed E-state index contributed by atoms with van der Waals surface area (Å²) < 4.78 is 2.16. The Kier molecular flexibility index (Phi) is 3.90. The average molecular weight is 302 g/mol. The predicted molar refractivity (Wildman–Crippen MR) is 84.3 cm³/mol. The van der Waals surface area contributed by atoms with Gasteiger partial charge < -0.3 is 5.32 Å². The fourth-order valence-corrected chi connectivity index (χ4v) is 4.49. The summed E-state index contributed by atoms with van der Waals surface area (Å²) in [6, 6.07) is 3.60. The molecular weight excluding hydrogens is 276 g/mol. The highest BCUT2D eigenvalue weighted by molar-refractivity contribution is 5.79. The third-order valence-corrected chi connectivity index (χ3v) is 5.62. The Morgan fingerprint density at radius 1 is 1.14 bits per heavy atom. The summed E-state index contributed by atoms with van der Waals surface area (Å²) in [4.78, 5) is 14.3. The van der Waals surface area contributed by atoms with Gasteiger partial charge in [-0.15, -0.1) is 0 Å². The average Bonchev–Trinajstić information content (AvgIpc) is 3.17. The molecule has 5 heteroatoms. The van der Waals surface area contributed by atoms with Gasteiger partial charge in [0.2, 0.25) is 5.91 Å². The van der Waals surface area contributed by atoms with Gasteiger partial charge in [0.1, 0.15) is 0 Å². The zero-order valence-electron chi connectivity index (χ0n) is 13.2. The van der Waals surface area contributed by atoms with E-state index in [4.69, 9.17) is 5.10 Å².